The lowest BCUT2D eigenvalue weighted by Gasteiger charge is -2.25. The number of nitrogens with one attached hydrogen (secondary N) is 1. The number of nitrogens with zero attached hydrogens (tertiary/aromatic N) is 2. The van der Waals surface area contributed by atoms with E-state index in [9.17, 15) is 10.0 Å². The van der Waals surface area contributed by atoms with Crippen LogP contribution in [0.25, 0.3) is 0 Å². The van der Waals surface area contributed by atoms with Gasteiger partial charge in [-0.1, -0.05) is 30.3 Å². The van der Waals surface area contributed by atoms with E-state index in [4.69, 9.17) is 0 Å². The number of likely N-dealkylation sites (tertiary alicyclic amines) is 1. The highest BCUT2D eigenvalue weighted by molar-refractivity contribution is 7.99. The lowest BCUT2D eigenvalue weighted by atomic mass is 10.1. The van der Waals surface area contributed by atoms with Gasteiger partial charge in [0.15, 0.2) is 6.20 Å². The van der Waals surface area contributed by atoms with E-state index in [0.717, 1.165) is 29.9 Å². The number of carbonyl (C=O) groups excluding carboxylic acids is 1. The molecular formula is C19H23N3O2S. The van der Waals surface area contributed by atoms with Crippen molar-refractivity contribution in [2.45, 2.75) is 23.9 Å². The fraction of sp³-hybridized carbons (Fsp3) is 0.368. The molecule has 1 aliphatic rings. The molecule has 1 unspecified atom stereocenters. The molecule has 1 aromatic carbocycles. The Morgan fingerprint density at radius 1 is 1.16 bits per heavy atom. The minimum Gasteiger partial charge on any atom is -0.618 e. The third kappa shape index (κ3) is 5.21. The number of rotatable bonds is 7. The molecule has 0 bridgehead atoms. The predicted molar refractivity (Wildman–Crippen MR) is 99.1 cm³/mol. The third-order valence-corrected chi connectivity index (χ3v) is 5.33. The largest absolute Gasteiger partial charge is 0.618 e. The highest BCUT2D eigenvalue weighted by atomic mass is 32.2. The highest BCUT2D eigenvalue weighted by Crippen LogP contribution is 2.19. The Balaban J connectivity index is 1.60. The van der Waals surface area contributed by atoms with Gasteiger partial charge < -0.3 is 15.4 Å². The maximum atomic E-state index is 12.4. The van der Waals surface area contributed by atoms with Gasteiger partial charge in [-0.2, -0.15) is 4.73 Å². The fourth-order valence-corrected chi connectivity index (χ4v) is 3.77. The molecule has 1 aliphatic heterocycles. The topological polar surface area (TPSA) is 59.3 Å². The van der Waals surface area contributed by atoms with Crippen molar-refractivity contribution < 1.29 is 9.52 Å². The molecule has 1 fully saturated rings. The molecule has 1 atom stereocenters. The van der Waals surface area contributed by atoms with Crippen LogP contribution in [0.15, 0.2) is 59.8 Å². The molecule has 132 valence electrons. The van der Waals surface area contributed by atoms with Crippen molar-refractivity contribution in [3.63, 3.8) is 0 Å². The Bertz CT molecular complexity index is 690. The molecule has 5 nitrogen and oxygen atoms in total. The molecular weight excluding hydrogens is 334 g/mol. The number of pyridine rings is 1. The number of aromatic nitrogens is 1. The number of benzene rings is 1. The first-order valence-electron chi connectivity index (χ1n) is 8.60. The van der Waals surface area contributed by atoms with E-state index in [1.807, 2.05) is 18.2 Å². The molecule has 2 aromatic rings. The van der Waals surface area contributed by atoms with E-state index in [-0.39, 0.29) is 17.7 Å². The minimum atomic E-state index is -0.0538. The van der Waals surface area contributed by atoms with E-state index in [0.29, 0.717) is 5.03 Å². The highest BCUT2D eigenvalue weighted by Gasteiger charge is 2.21. The van der Waals surface area contributed by atoms with Crippen LogP contribution in [0.5, 0.6) is 0 Å². The lowest BCUT2D eigenvalue weighted by molar-refractivity contribution is -0.645. The van der Waals surface area contributed by atoms with E-state index >= 15 is 0 Å². The molecule has 0 aliphatic carbocycles. The summed E-state index contributed by atoms with van der Waals surface area (Å²) in [5.41, 5.74) is 1.12. The summed E-state index contributed by atoms with van der Waals surface area (Å²) in [4.78, 5) is 14.8. The zero-order valence-electron chi connectivity index (χ0n) is 14.1. The van der Waals surface area contributed by atoms with Crippen LogP contribution < -0.4 is 10.0 Å². The molecule has 1 amide bonds. The van der Waals surface area contributed by atoms with Crippen LogP contribution in [-0.2, 0) is 4.79 Å². The van der Waals surface area contributed by atoms with E-state index in [2.05, 4.69) is 22.3 Å². The summed E-state index contributed by atoms with van der Waals surface area (Å²) in [6, 6.07) is 15.3. The third-order valence-electron chi connectivity index (χ3n) is 4.32. The molecule has 0 spiro atoms. The summed E-state index contributed by atoms with van der Waals surface area (Å²) in [5, 5.41) is 15.3. The van der Waals surface area contributed by atoms with Gasteiger partial charge in [0.2, 0.25) is 5.91 Å². The van der Waals surface area contributed by atoms with Crippen LogP contribution >= 0.6 is 11.8 Å². The van der Waals surface area contributed by atoms with Crippen LogP contribution in [0.4, 0.5) is 0 Å². The summed E-state index contributed by atoms with van der Waals surface area (Å²) in [6.07, 6.45) is 3.89. The summed E-state index contributed by atoms with van der Waals surface area (Å²) in [5.74, 6) is 0.178. The van der Waals surface area contributed by atoms with Crippen molar-refractivity contribution in [2.75, 3.05) is 25.4 Å². The van der Waals surface area contributed by atoms with Gasteiger partial charge in [-0.15, -0.1) is 0 Å². The number of carbonyl (C=O) groups is 1. The average molecular weight is 357 g/mol. The summed E-state index contributed by atoms with van der Waals surface area (Å²) >= 11 is 1.26. The van der Waals surface area contributed by atoms with E-state index in [1.165, 1.54) is 30.8 Å². The fourth-order valence-electron chi connectivity index (χ4n) is 3.04. The average Bonchev–Trinajstić information content (AvgIpc) is 3.14. The molecule has 0 radical (unpaired) electrons. The first-order valence-corrected chi connectivity index (χ1v) is 9.58. The van der Waals surface area contributed by atoms with Crippen molar-refractivity contribution in [2.24, 2.45) is 0 Å². The Morgan fingerprint density at radius 3 is 2.60 bits per heavy atom. The lowest BCUT2D eigenvalue weighted by Crippen LogP contribution is -2.38. The predicted octanol–water partition coefficient (Wildman–Crippen LogP) is 2.37. The van der Waals surface area contributed by atoms with Crippen LogP contribution in [0.1, 0.15) is 24.4 Å². The van der Waals surface area contributed by atoms with Gasteiger partial charge in [-0.25, -0.2) is 0 Å². The number of hydrogen-bond acceptors (Lipinski definition) is 4. The maximum Gasteiger partial charge on any atom is 0.251 e. The van der Waals surface area contributed by atoms with Gasteiger partial charge in [0.05, 0.1) is 11.8 Å². The quantitative estimate of drug-likeness (QED) is 0.469. The first-order chi connectivity index (χ1) is 12.2. The molecule has 1 aromatic heterocycles. The number of hydrogen-bond donors (Lipinski definition) is 1. The van der Waals surface area contributed by atoms with Crippen molar-refractivity contribution in [1.82, 2.24) is 10.2 Å². The van der Waals surface area contributed by atoms with Crippen molar-refractivity contribution in [3.8, 4) is 0 Å². The molecule has 3 rings (SSSR count). The number of amides is 1. The van der Waals surface area contributed by atoms with Gasteiger partial charge in [0, 0.05) is 18.7 Å². The monoisotopic (exact) mass is 357 g/mol. The van der Waals surface area contributed by atoms with Gasteiger partial charge in [-0.3, -0.25) is 4.79 Å². The standard InChI is InChI=1S/C19H23N3O2S/c23-18(15-25-19-10-4-5-13-22(19)24)20-17(14-21-11-6-7-12-21)16-8-2-1-3-9-16/h1-5,8-10,13,17H,6-7,11-12,14-15H2,(H,20,23). The van der Waals surface area contributed by atoms with Crippen molar-refractivity contribution in [3.05, 3.63) is 65.5 Å². The van der Waals surface area contributed by atoms with Crippen LogP contribution in [0.2, 0.25) is 0 Å². The summed E-state index contributed by atoms with van der Waals surface area (Å²) < 4.78 is 0.789. The molecule has 6 heteroatoms. The van der Waals surface area contributed by atoms with Gasteiger partial charge in [-0.05, 0) is 49.3 Å². The zero-order valence-corrected chi connectivity index (χ0v) is 15.0. The molecule has 0 saturated carbocycles. The molecule has 25 heavy (non-hydrogen) atoms. The Labute approximate surface area is 152 Å². The van der Waals surface area contributed by atoms with Crippen molar-refractivity contribution >= 4 is 17.7 Å². The Hall–Kier alpha value is -2.05. The molecule has 2 heterocycles. The van der Waals surface area contributed by atoms with Gasteiger partial charge >= 0.3 is 0 Å². The Morgan fingerprint density at radius 2 is 1.88 bits per heavy atom. The van der Waals surface area contributed by atoms with Gasteiger partial charge in [0.1, 0.15) is 0 Å². The maximum absolute atomic E-state index is 12.4. The van der Waals surface area contributed by atoms with Crippen LogP contribution in [-0.4, -0.2) is 36.2 Å². The smallest absolute Gasteiger partial charge is 0.251 e. The Kier molecular flexibility index (Phi) is 6.30. The SMILES string of the molecule is O=C(CSc1cccc[n+]1[O-])NC(CN1CCCC1)c1ccccc1. The zero-order chi connectivity index (χ0) is 17.5. The van der Waals surface area contributed by atoms with Crippen molar-refractivity contribution in [1.29, 1.82) is 0 Å². The van der Waals surface area contributed by atoms with Crippen LogP contribution in [0, 0.1) is 5.21 Å². The first kappa shape index (κ1) is 17.8. The normalized spacial score (nSPS) is 15.8. The second-order valence-corrected chi connectivity index (χ2v) is 7.19. The number of thioether (sulfide) groups is 1. The van der Waals surface area contributed by atoms with Gasteiger partial charge in [0.25, 0.3) is 5.03 Å². The minimum absolute atomic E-state index is 0.0254. The van der Waals surface area contributed by atoms with E-state index < -0.39 is 0 Å². The second-order valence-electron chi connectivity index (χ2n) is 6.19. The summed E-state index contributed by atoms with van der Waals surface area (Å²) in [6.45, 7) is 3.01. The summed E-state index contributed by atoms with van der Waals surface area (Å²) in [7, 11) is 0. The second kappa shape index (κ2) is 8.87. The molecule has 1 N–H and O–H groups in total. The van der Waals surface area contributed by atoms with Crippen LogP contribution in [0.3, 0.4) is 0 Å². The van der Waals surface area contributed by atoms with E-state index in [1.54, 1.807) is 18.2 Å². The molecule has 1 saturated heterocycles.